The molecule has 0 aliphatic rings. The first kappa shape index (κ1) is 35.6. The van der Waals surface area contributed by atoms with Gasteiger partial charge in [-0.2, -0.15) is 0 Å². The summed E-state index contributed by atoms with van der Waals surface area (Å²) in [4.78, 5) is 0. The van der Waals surface area contributed by atoms with Gasteiger partial charge in [0.05, 0.1) is 0 Å². The van der Waals surface area contributed by atoms with Crippen LogP contribution in [-0.2, 0) is 19.3 Å². The maximum Gasteiger partial charge on any atom is 0.247 e. The fourth-order valence-electron chi connectivity index (χ4n) is 8.27. The molecule has 0 nitrogen and oxygen atoms in total. The lowest BCUT2D eigenvalue weighted by Crippen LogP contribution is -2.63. The summed E-state index contributed by atoms with van der Waals surface area (Å²) in [5.41, 5.74) is 20.2. The van der Waals surface area contributed by atoms with E-state index in [0.29, 0.717) is 0 Å². The van der Waals surface area contributed by atoms with Crippen LogP contribution < -0.4 is 15.6 Å². The highest BCUT2D eigenvalue weighted by Crippen LogP contribution is 2.25. The van der Waals surface area contributed by atoms with Gasteiger partial charge in [-0.25, -0.2) is 0 Å². The summed E-state index contributed by atoms with van der Waals surface area (Å²) in [6.07, 6.45) is 2.68. The van der Waals surface area contributed by atoms with Crippen LogP contribution in [0.5, 0.6) is 0 Å². The molecule has 0 bridgehead atoms. The van der Waals surface area contributed by atoms with E-state index in [4.69, 9.17) is 11.1 Å². The zero-order valence-corrected chi connectivity index (χ0v) is 33.1. The maximum atomic E-state index is 8.33. The predicted octanol–water partition coefficient (Wildman–Crippen LogP) is 10.4. The molecule has 6 aromatic rings. The summed E-state index contributed by atoms with van der Waals surface area (Å²) >= 11 is 8.33. The largest absolute Gasteiger partial charge is 0.247 e. The Morgan fingerprint density at radius 3 is 0.840 bits per heavy atom. The Morgan fingerprint density at radius 1 is 0.360 bits per heavy atom. The first-order valence-electron chi connectivity index (χ1n) is 18.0. The van der Waals surface area contributed by atoms with Crippen molar-refractivity contribution in [2.24, 2.45) is 0 Å². The molecule has 6 rings (SSSR count). The van der Waals surface area contributed by atoms with Crippen LogP contribution in [0.4, 0.5) is 0 Å². The fraction of sp³-hybridized carbons (Fsp3) is 0.250. The predicted molar refractivity (Wildman–Crippen MR) is 220 cm³/mol. The van der Waals surface area contributed by atoms with Crippen LogP contribution in [-0.4, -0.2) is 7.38 Å². The number of aryl methyl sites for hydroxylation is 9. The lowest BCUT2D eigenvalue weighted by molar-refractivity contribution is 1.11. The number of benzene rings is 6. The van der Waals surface area contributed by atoms with Crippen molar-refractivity contribution in [3.8, 4) is 0 Å². The minimum atomic E-state index is -2.96. The van der Waals surface area contributed by atoms with Gasteiger partial charge in [-0.05, 0) is 164 Å². The molecule has 0 aromatic heterocycles. The monoisotopic (exact) mass is 690 g/mol. The molecule has 0 unspecified atom stereocenters. The molecule has 0 saturated heterocycles. The van der Waals surface area contributed by atoms with E-state index in [1.54, 1.807) is 0 Å². The Hall–Kier alpha value is -4.17. The van der Waals surface area contributed by atoms with Gasteiger partial charge < -0.3 is 0 Å². The molecule has 0 atom stereocenters. The van der Waals surface area contributed by atoms with Crippen molar-refractivity contribution >= 4 is 34.0 Å². The van der Waals surface area contributed by atoms with Gasteiger partial charge >= 0.3 is 0 Å². The Morgan fingerprint density at radius 2 is 0.600 bits per heavy atom. The zero-order valence-electron chi connectivity index (χ0n) is 31.4. The van der Waals surface area contributed by atoms with Gasteiger partial charge in [-0.15, -0.1) is 11.1 Å². The van der Waals surface area contributed by atoms with Crippen molar-refractivity contribution in [3.05, 3.63) is 193 Å². The van der Waals surface area contributed by atoms with Crippen LogP contribution >= 0.6 is 11.1 Å². The topological polar surface area (TPSA) is 0 Å². The Kier molecular flexibility index (Phi) is 10.4. The molecule has 0 radical (unpaired) electrons. The van der Waals surface area contributed by atoms with Crippen LogP contribution in [0.25, 0.3) is 0 Å². The highest BCUT2D eigenvalue weighted by molar-refractivity contribution is 7.40. The molecule has 0 aliphatic carbocycles. The van der Waals surface area contributed by atoms with Crippen LogP contribution in [0.2, 0.25) is 0 Å². The minimum Gasteiger partial charge on any atom is -0.149 e. The van der Waals surface area contributed by atoms with E-state index >= 15 is 0 Å². The van der Waals surface area contributed by atoms with E-state index in [9.17, 15) is 0 Å². The first-order valence-corrected chi connectivity index (χ1v) is 21.0. The van der Waals surface area contributed by atoms with E-state index in [-0.39, 0.29) is 0 Å². The second-order valence-electron chi connectivity index (χ2n) is 14.9. The third kappa shape index (κ3) is 7.46. The van der Waals surface area contributed by atoms with E-state index in [0.717, 1.165) is 19.3 Å². The quantitative estimate of drug-likeness (QED) is 0.0805. The molecule has 254 valence electrons. The molecular formula is C48H51ClSi. The van der Waals surface area contributed by atoms with E-state index in [2.05, 4.69) is 172 Å². The maximum absolute atomic E-state index is 8.33. The van der Waals surface area contributed by atoms with Crippen molar-refractivity contribution in [2.75, 3.05) is 0 Å². The van der Waals surface area contributed by atoms with Crippen molar-refractivity contribution in [1.29, 1.82) is 0 Å². The second-order valence-corrected chi connectivity index (χ2v) is 19.7. The highest BCUT2D eigenvalue weighted by Gasteiger charge is 2.38. The fourth-order valence-corrected chi connectivity index (χ4v) is 12.5. The number of halogens is 1. The van der Waals surface area contributed by atoms with Crippen LogP contribution in [0, 0.1) is 62.3 Å². The Bertz CT molecular complexity index is 1890. The van der Waals surface area contributed by atoms with E-state index < -0.39 is 7.38 Å². The van der Waals surface area contributed by atoms with Gasteiger partial charge in [0.1, 0.15) is 0 Å². The van der Waals surface area contributed by atoms with Gasteiger partial charge in [0, 0.05) is 0 Å². The molecule has 6 aromatic carbocycles. The van der Waals surface area contributed by atoms with Crippen molar-refractivity contribution < 1.29 is 0 Å². The lowest BCUT2D eigenvalue weighted by Gasteiger charge is -2.28. The summed E-state index contributed by atoms with van der Waals surface area (Å²) in [6, 6.07) is 41.3. The third-order valence-electron chi connectivity index (χ3n) is 10.6. The average Bonchev–Trinajstić information content (AvgIpc) is 3.06. The SMILES string of the molecule is Cc1cc(C)c(Cc2cccc([Si](Cl)(c3cccc(Cc4c(C)cc(C)cc4C)c3)c3cccc(Cc4c(C)cc(C)cc4C)c3)c2)c(C)c1. The Labute approximate surface area is 306 Å². The molecule has 0 amide bonds. The number of hydrogen-bond donors (Lipinski definition) is 0. The van der Waals surface area contributed by atoms with Crippen molar-refractivity contribution in [2.45, 2.75) is 81.6 Å². The first-order chi connectivity index (χ1) is 23.8. The summed E-state index contributed by atoms with van der Waals surface area (Å²) in [5.74, 6) is 0. The molecule has 50 heavy (non-hydrogen) atoms. The summed E-state index contributed by atoms with van der Waals surface area (Å²) in [5, 5.41) is 3.70. The van der Waals surface area contributed by atoms with Crippen molar-refractivity contribution in [3.63, 3.8) is 0 Å². The van der Waals surface area contributed by atoms with Gasteiger partial charge in [-0.1, -0.05) is 126 Å². The third-order valence-corrected chi connectivity index (χ3v) is 15.9. The molecule has 0 heterocycles. The molecule has 0 fully saturated rings. The van der Waals surface area contributed by atoms with Crippen molar-refractivity contribution in [1.82, 2.24) is 0 Å². The smallest absolute Gasteiger partial charge is 0.149 e. The molecular weight excluding hydrogens is 640 g/mol. The van der Waals surface area contributed by atoms with E-state index in [1.807, 2.05) is 0 Å². The zero-order chi connectivity index (χ0) is 35.7. The lowest BCUT2D eigenvalue weighted by atomic mass is 9.94. The standard InChI is InChI=1S/C48H51ClSi/c1-31-19-34(4)46(35(5)20-31)28-40-13-10-16-43(25-40)50(49,44-17-11-14-41(26-44)29-47-36(6)21-32(2)22-37(47)7)45-18-12-15-42(27-45)30-48-38(8)23-33(3)24-39(48)9/h10-27H,28-30H2,1-9H3. The molecule has 0 spiro atoms. The highest BCUT2D eigenvalue weighted by atomic mass is 35.6. The number of hydrogen-bond acceptors (Lipinski definition) is 0. The summed E-state index contributed by atoms with van der Waals surface area (Å²) in [7, 11) is -2.96. The van der Waals surface area contributed by atoms with Crippen LogP contribution in [0.1, 0.15) is 83.5 Å². The van der Waals surface area contributed by atoms with Gasteiger partial charge in [-0.3, -0.25) is 0 Å². The van der Waals surface area contributed by atoms with Crippen LogP contribution in [0.3, 0.4) is 0 Å². The summed E-state index contributed by atoms with van der Waals surface area (Å²) < 4.78 is 0. The molecule has 0 N–H and O–H groups in total. The Balaban J connectivity index is 1.47. The van der Waals surface area contributed by atoms with Crippen LogP contribution in [0.15, 0.2) is 109 Å². The second kappa shape index (κ2) is 14.6. The molecule has 2 heteroatoms. The molecule has 0 saturated carbocycles. The molecule has 0 aliphatic heterocycles. The minimum absolute atomic E-state index is 0.894. The average molecular weight is 691 g/mol. The normalized spacial score (nSPS) is 11.6. The van der Waals surface area contributed by atoms with Gasteiger partial charge in [0.15, 0.2) is 0 Å². The van der Waals surface area contributed by atoms with Gasteiger partial charge in [0.2, 0.25) is 7.38 Å². The number of rotatable bonds is 9. The van der Waals surface area contributed by atoms with Gasteiger partial charge in [0.25, 0.3) is 0 Å². The van der Waals surface area contributed by atoms with E-state index in [1.165, 1.54) is 99.0 Å². The summed E-state index contributed by atoms with van der Waals surface area (Å²) in [6.45, 7) is 20.0.